The number of alkyl halides is 1. The van der Waals surface area contributed by atoms with E-state index in [0.717, 1.165) is 0 Å². The van der Waals surface area contributed by atoms with Crippen molar-refractivity contribution in [2.24, 2.45) is 0 Å². The summed E-state index contributed by atoms with van der Waals surface area (Å²) in [5, 5.41) is 9.92. The van der Waals surface area contributed by atoms with Gasteiger partial charge in [0.25, 0.3) is 0 Å². The molecule has 0 aliphatic carbocycles. The average molecular weight is 244 g/mol. The Bertz CT molecular complexity index is 325. The fourth-order valence-corrected chi connectivity index (χ4v) is 1.36. The number of phenols is 1. The molecule has 0 aliphatic rings. The van der Waals surface area contributed by atoms with Gasteiger partial charge in [0.15, 0.2) is 5.78 Å². The van der Waals surface area contributed by atoms with Gasteiger partial charge in [0.1, 0.15) is 5.75 Å². The first-order chi connectivity index (χ1) is 6.15. The van der Waals surface area contributed by atoms with Crippen LogP contribution in [0.1, 0.15) is 16.8 Å². The van der Waals surface area contributed by atoms with Crippen LogP contribution in [0.2, 0.25) is 0 Å². The largest absolute Gasteiger partial charge is 0.507 e. The van der Waals surface area contributed by atoms with Crippen LogP contribution in [0.25, 0.3) is 0 Å². The zero-order chi connectivity index (χ0) is 9.84. The number of ketones is 1. The normalized spacial score (nSPS) is 9.92. The quantitative estimate of drug-likeness (QED) is 0.369. The molecule has 0 spiro atoms. The maximum atomic E-state index is 11.4. The average Bonchev–Trinajstić information content (AvgIpc) is 2.09. The smallest absolute Gasteiger partial charge is 0.167 e. The standard InChI is InChI=1S/C9H10BrNO2/c10-4-3-9(13)7-5-6(11)1-2-8(7)12/h1-2,5,12H,3-4,11H2. The molecule has 0 atom stereocenters. The van der Waals surface area contributed by atoms with E-state index in [1.165, 1.54) is 12.1 Å². The minimum absolute atomic E-state index is 0.0137. The maximum Gasteiger partial charge on any atom is 0.167 e. The summed E-state index contributed by atoms with van der Waals surface area (Å²) >= 11 is 3.16. The number of rotatable bonds is 3. The summed E-state index contributed by atoms with van der Waals surface area (Å²) in [7, 11) is 0. The Balaban J connectivity index is 2.99. The lowest BCUT2D eigenvalue weighted by Crippen LogP contribution is -2.01. The van der Waals surface area contributed by atoms with Crippen LogP contribution in [0.4, 0.5) is 5.69 Å². The van der Waals surface area contributed by atoms with Crippen molar-refractivity contribution in [1.82, 2.24) is 0 Å². The first-order valence-corrected chi connectivity index (χ1v) is 4.95. The van der Waals surface area contributed by atoms with Crippen molar-refractivity contribution in [2.45, 2.75) is 6.42 Å². The van der Waals surface area contributed by atoms with E-state index >= 15 is 0 Å². The Morgan fingerprint density at radius 3 is 2.85 bits per heavy atom. The molecule has 0 bridgehead atoms. The van der Waals surface area contributed by atoms with E-state index in [1.54, 1.807) is 6.07 Å². The number of nitrogens with two attached hydrogens (primary N) is 1. The summed E-state index contributed by atoms with van der Waals surface area (Å²) in [4.78, 5) is 11.4. The molecule has 0 fully saturated rings. The van der Waals surface area contributed by atoms with Gasteiger partial charge in [0.2, 0.25) is 0 Å². The van der Waals surface area contributed by atoms with E-state index in [1.807, 2.05) is 0 Å². The van der Waals surface area contributed by atoms with E-state index in [0.29, 0.717) is 23.0 Å². The number of hydrogen-bond donors (Lipinski definition) is 2. The fraction of sp³-hybridized carbons (Fsp3) is 0.222. The highest BCUT2D eigenvalue weighted by Gasteiger charge is 2.09. The van der Waals surface area contributed by atoms with Crippen molar-refractivity contribution in [1.29, 1.82) is 0 Å². The summed E-state index contributed by atoms with van der Waals surface area (Å²) in [6, 6.07) is 4.47. The second-order valence-electron chi connectivity index (χ2n) is 2.64. The van der Waals surface area contributed by atoms with Gasteiger partial charge in [0, 0.05) is 17.4 Å². The third-order valence-electron chi connectivity index (χ3n) is 1.64. The molecule has 0 amide bonds. The number of benzene rings is 1. The van der Waals surface area contributed by atoms with Gasteiger partial charge in [-0.3, -0.25) is 4.79 Å². The summed E-state index contributed by atoms with van der Waals surface area (Å²) < 4.78 is 0. The van der Waals surface area contributed by atoms with Gasteiger partial charge in [-0.1, -0.05) is 15.9 Å². The van der Waals surface area contributed by atoms with Gasteiger partial charge in [-0.05, 0) is 18.2 Å². The SMILES string of the molecule is Nc1ccc(O)c(C(=O)CCBr)c1. The maximum absolute atomic E-state index is 11.4. The lowest BCUT2D eigenvalue weighted by molar-refractivity contribution is 0.0987. The summed E-state index contributed by atoms with van der Waals surface area (Å²) in [5.74, 6) is -0.123. The van der Waals surface area contributed by atoms with Crippen LogP contribution in [0.5, 0.6) is 5.75 Å². The summed E-state index contributed by atoms with van der Waals surface area (Å²) in [6.07, 6.45) is 0.358. The highest BCUT2D eigenvalue weighted by atomic mass is 79.9. The van der Waals surface area contributed by atoms with Crippen LogP contribution >= 0.6 is 15.9 Å². The van der Waals surface area contributed by atoms with Gasteiger partial charge in [-0.25, -0.2) is 0 Å². The number of carbonyl (C=O) groups is 1. The van der Waals surface area contributed by atoms with Crippen molar-refractivity contribution in [3.05, 3.63) is 23.8 Å². The van der Waals surface area contributed by atoms with Crippen molar-refractivity contribution in [3.8, 4) is 5.75 Å². The minimum atomic E-state index is -0.110. The fourth-order valence-electron chi connectivity index (χ4n) is 0.997. The number of Topliss-reactive ketones (excluding diaryl/α,β-unsaturated/α-hetero) is 1. The molecule has 4 heteroatoms. The van der Waals surface area contributed by atoms with Crippen molar-refractivity contribution < 1.29 is 9.90 Å². The number of carbonyl (C=O) groups excluding carboxylic acids is 1. The zero-order valence-corrected chi connectivity index (χ0v) is 8.54. The van der Waals surface area contributed by atoms with Crippen molar-refractivity contribution in [3.63, 3.8) is 0 Å². The topological polar surface area (TPSA) is 63.3 Å². The van der Waals surface area contributed by atoms with Crippen LogP contribution in [0, 0.1) is 0 Å². The first kappa shape index (κ1) is 10.1. The molecule has 0 radical (unpaired) electrons. The Kier molecular flexibility index (Phi) is 3.31. The van der Waals surface area contributed by atoms with Crippen molar-refractivity contribution in [2.75, 3.05) is 11.1 Å². The molecule has 0 aliphatic heterocycles. The minimum Gasteiger partial charge on any atom is -0.507 e. The Labute approximate surface area is 84.7 Å². The zero-order valence-electron chi connectivity index (χ0n) is 6.96. The molecule has 0 heterocycles. The van der Waals surface area contributed by atoms with Gasteiger partial charge < -0.3 is 10.8 Å². The van der Waals surface area contributed by atoms with E-state index in [4.69, 9.17) is 5.73 Å². The Morgan fingerprint density at radius 2 is 2.23 bits per heavy atom. The van der Waals surface area contributed by atoms with Crippen LogP contribution in [0.3, 0.4) is 0 Å². The van der Waals surface area contributed by atoms with Crippen LogP contribution < -0.4 is 5.73 Å². The number of hydrogen-bond acceptors (Lipinski definition) is 3. The van der Waals surface area contributed by atoms with Crippen molar-refractivity contribution >= 4 is 27.4 Å². The molecule has 1 rings (SSSR count). The van der Waals surface area contributed by atoms with Crippen LogP contribution in [-0.2, 0) is 0 Å². The molecule has 3 N–H and O–H groups in total. The van der Waals surface area contributed by atoms with E-state index in [9.17, 15) is 9.90 Å². The van der Waals surface area contributed by atoms with E-state index in [2.05, 4.69) is 15.9 Å². The second kappa shape index (κ2) is 4.28. The summed E-state index contributed by atoms with van der Waals surface area (Å²) in [5.41, 5.74) is 6.26. The molecule has 1 aromatic carbocycles. The van der Waals surface area contributed by atoms with Crippen LogP contribution in [0.15, 0.2) is 18.2 Å². The Morgan fingerprint density at radius 1 is 1.54 bits per heavy atom. The molecular weight excluding hydrogens is 234 g/mol. The number of nitrogen functional groups attached to an aromatic ring is 1. The highest BCUT2D eigenvalue weighted by Crippen LogP contribution is 2.21. The molecule has 70 valence electrons. The molecule has 13 heavy (non-hydrogen) atoms. The lowest BCUT2D eigenvalue weighted by Gasteiger charge is -2.02. The third kappa shape index (κ3) is 2.45. The van der Waals surface area contributed by atoms with Crippen LogP contribution in [-0.4, -0.2) is 16.2 Å². The number of halogens is 1. The lowest BCUT2D eigenvalue weighted by atomic mass is 10.1. The molecular formula is C9H10BrNO2. The highest BCUT2D eigenvalue weighted by molar-refractivity contribution is 9.09. The molecule has 0 aromatic heterocycles. The second-order valence-corrected chi connectivity index (χ2v) is 3.43. The molecule has 1 aromatic rings. The van der Waals surface area contributed by atoms with E-state index in [-0.39, 0.29) is 11.5 Å². The number of phenolic OH excluding ortho intramolecular Hbond substituents is 1. The molecule has 0 unspecified atom stereocenters. The van der Waals surface area contributed by atoms with Gasteiger partial charge in [-0.15, -0.1) is 0 Å². The molecule has 0 saturated carbocycles. The predicted molar refractivity (Wildman–Crippen MR) is 55.3 cm³/mol. The first-order valence-electron chi connectivity index (χ1n) is 3.83. The Hall–Kier alpha value is -1.03. The molecule has 3 nitrogen and oxygen atoms in total. The van der Waals surface area contributed by atoms with Gasteiger partial charge in [0.05, 0.1) is 5.56 Å². The molecule has 0 saturated heterocycles. The van der Waals surface area contributed by atoms with Gasteiger partial charge in [-0.2, -0.15) is 0 Å². The summed E-state index contributed by atoms with van der Waals surface area (Å²) in [6.45, 7) is 0. The monoisotopic (exact) mass is 243 g/mol. The van der Waals surface area contributed by atoms with E-state index < -0.39 is 0 Å². The third-order valence-corrected chi connectivity index (χ3v) is 2.04. The number of anilines is 1. The predicted octanol–water partition coefficient (Wildman–Crippen LogP) is 1.94. The number of aromatic hydroxyl groups is 1. The van der Waals surface area contributed by atoms with Gasteiger partial charge >= 0.3 is 0 Å².